The maximum absolute atomic E-state index is 11.8. The summed E-state index contributed by atoms with van der Waals surface area (Å²) in [7, 11) is -3.73. The molecule has 1 amide bonds. The monoisotopic (exact) mass is 326 g/mol. The SMILES string of the molecule is NCc1nc(CC(=O)Nc2ccc(S(N)(=O)=O)cc2)cs1. The van der Waals surface area contributed by atoms with Gasteiger partial charge in [-0.1, -0.05) is 0 Å². The quantitative estimate of drug-likeness (QED) is 0.734. The fourth-order valence-electron chi connectivity index (χ4n) is 1.62. The van der Waals surface area contributed by atoms with Gasteiger partial charge in [0.15, 0.2) is 0 Å². The minimum absolute atomic E-state index is 0.00686. The second-order valence-corrected chi connectivity index (χ2v) is 6.74. The van der Waals surface area contributed by atoms with Crippen LogP contribution in [0.15, 0.2) is 34.5 Å². The highest BCUT2D eigenvalue weighted by atomic mass is 32.2. The second-order valence-electron chi connectivity index (χ2n) is 4.23. The zero-order valence-electron chi connectivity index (χ0n) is 10.9. The molecule has 2 rings (SSSR count). The molecule has 0 bridgehead atoms. The number of aromatic nitrogens is 1. The summed E-state index contributed by atoms with van der Waals surface area (Å²) in [5.41, 5.74) is 6.59. The predicted molar refractivity (Wildman–Crippen MR) is 80.2 cm³/mol. The lowest BCUT2D eigenvalue weighted by Crippen LogP contribution is -2.15. The number of benzene rings is 1. The Hall–Kier alpha value is -1.81. The summed E-state index contributed by atoms with van der Waals surface area (Å²) in [5, 5.41) is 10.2. The average Bonchev–Trinajstić information content (AvgIpc) is 2.85. The predicted octanol–water partition coefficient (Wildman–Crippen LogP) is 0.430. The van der Waals surface area contributed by atoms with Crippen LogP contribution in [0.5, 0.6) is 0 Å². The molecule has 0 fully saturated rings. The fraction of sp³-hybridized carbons (Fsp3) is 0.167. The standard InChI is InChI=1S/C12H14N4O3S2/c13-6-12-16-9(7-20-12)5-11(17)15-8-1-3-10(4-2-8)21(14,18)19/h1-4,7H,5-6,13H2,(H,15,17)(H2,14,18,19). The molecule has 1 aromatic carbocycles. The molecule has 0 unspecified atom stereocenters. The van der Waals surface area contributed by atoms with Crippen LogP contribution in [-0.4, -0.2) is 19.3 Å². The van der Waals surface area contributed by atoms with Crippen LogP contribution >= 0.6 is 11.3 Å². The van der Waals surface area contributed by atoms with E-state index in [-0.39, 0.29) is 17.2 Å². The number of sulfonamides is 1. The topological polar surface area (TPSA) is 128 Å². The van der Waals surface area contributed by atoms with E-state index in [4.69, 9.17) is 10.9 Å². The number of carbonyl (C=O) groups excluding carboxylic acids is 1. The minimum Gasteiger partial charge on any atom is -0.326 e. The van der Waals surface area contributed by atoms with Gasteiger partial charge < -0.3 is 11.1 Å². The van der Waals surface area contributed by atoms with Crippen molar-refractivity contribution < 1.29 is 13.2 Å². The third-order valence-corrected chi connectivity index (χ3v) is 4.43. The molecule has 5 N–H and O–H groups in total. The summed E-state index contributed by atoms with van der Waals surface area (Å²) >= 11 is 1.41. The minimum atomic E-state index is -3.73. The Balaban J connectivity index is 1.99. The van der Waals surface area contributed by atoms with Gasteiger partial charge in [-0.2, -0.15) is 0 Å². The third kappa shape index (κ3) is 4.33. The molecule has 0 aliphatic heterocycles. The zero-order chi connectivity index (χ0) is 15.5. The van der Waals surface area contributed by atoms with Gasteiger partial charge in [-0.15, -0.1) is 11.3 Å². The molecule has 0 atom stereocenters. The highest BCUT2D eigenvalue weighted by Crippen LogP contribution is 2.14. The molecule has 1 aromatic heterocycles. The van der Waals surface area contributed by atoms with Crippen molar-refractivity contribution in [3.63, 3.8) is 0 Å². The van der Waals surface area contributed by atoms with Gasteiger partial charge in [0.2, 0.25) is 15.9 Å². The first kappa shape index (κ1) is 15.6. The van der Waals surface area contributed by atoms with E-state index in [0.29, 0.717) is 17.9 Å². The van der Waals surface area contributed by atoms with Crippen LogP contribution < -0.4 is 16.2 Å². The number of amides is 1. The van der Waals surface area contributed by atoms with Crippen molar-refractivity contribution >= 4 is 33.0 Å². The number of hydrogen-bond acceptors (Lipinski definition) is 6. The van der Waals surface area contributed by atoms with Crippen LogP contribution in [0.4, 0.5) is 5.69 Å². The number of hydrogen-bond donors (Lipinski definition) is 3. The first-order valence-corrected chi connectivity index (χ1v) is 8.37. The Bertz CT molecular complexity index is 738. The molecular formula is C12H14N4O3S2. The summed E-state index contributed by atoms with van der Waals surface area (Å²) in [6.45, 7) is 0.349. The van der Waals surface area contributed by atoms with Crippen molar-refractivity contribution in [2.24, 2.45) is 10.9 Å². The number of nitrogens with zero attached hydrogens (tertiary/aromatic N) is 1. The maximum Gasteiger partial charge on any atom is 0.238 e. The molecule has 0 saturated heterocycles. The largest absolute Gasteiger partial charge is 0.326 e. The number of rotatable bonds is 5. The van der Waals surface area contributed by atoms with Crippen LogP contribution in [0.1, 0.15) is 10.7 Å². The molecule has 0 aliphatic rings. The molecule has 0 saturated carbocycles. The van der Waals surface area contributed by atoms with Gasteiger partial charge >= 0.3 is 0 Å². The van der Waals surface area contributed by atoms with Gasteiger partial charge in [0.25, 0.3) is 0 Å². The number of thiazole rings is 1. The van der Waals surface area contributed by atoms with E-state index in [1.54, 1.807) is 5.38 Å². The second kappa shape index (κ2) is 6.31. The summed E-state index contributed by atoms with van der Waals surface area (Å²) in [4.78, 5) is 16.0. The van der Waals surface area contributed by atoms with E-state index in [0.717, 1.165) is 5.01 Å². The van der Waals surface area contributed by atoms with Crippen LogP contribution in [-0.2, 0) is 27.8 Å². The molecule has 0 spiro atoms. The fourth-order valence-corrected chi connectivity index (χ4v) is 2.81. The molecule has 7 nitrogen and oxygen atoms in total. The van der Waals surface area contributed by atoms with Gasteiger partial charge in [0.05, 0.1) is 17.0 Å². The molecular weight excluding hydrogens is 312 g/mol. The van der Waals surface area contributed by atoms with Crippen LogP contribution in [0.3, 0.4) is 0 Å². The highest BCUT2D eigenvalue weighted by molar-refractivity contribution is 7.89. The Morgan fingerprint density at radius 2 is 1.95 bits per heavy atom. The van der Waals surface area contributed by atoms with Gasteiger partial charge in [-0.3, -0.25) is 4.79 Å². The van der Waals surface area contributed by atoms with Crippen LogP contribution in [0.25, 0.3) is 0 Å². The first-order valence-electron chi connectivity index (χ1n) is 5.94. The number of nitrogens with two attached hydrogens (primary N) is 2. The summed E-state index contributed by atoms with van der Waals surface area (Å²) in [6, 6.07) is 5.62. The van der Waals surface area contributed by atoms with E-state index in [2.05, 4.69) is 10.3 Å². The van der Waals surface area contributed by atoms with Gasteiger partial charge in [0.1, 0.15) is 5.01 Å². The molecule has 112 valence electrons. The summed E-state index contributed by atoms with van der Waals surface area (Å²) in [5.74, 6) is -0.243. The molecule has 9 heteroatoms. The van der Waals surface area contributed by atoms with Crippen LogP contribution in [0, 0.1) is 0 Å². The van der Waals surface area contributed by atoms with Crippen molar-refractivity contribution in [3.05, 3.63) is 40.3 Å². The average molecular weight is 326 g/mol. The Labute approximate surface area is 126 Å². The van der Waals surface area contributed by atoms with Crippen molar-refractivity contribution in [1.29, 1.82) is 0 Å². The van der Waals surface area contributed by atoms with Gasteiger partial charge in [-0.05, 0) is 24.3 Å². The lowest BCUT2D eigenvalue weighted by molar-refractivity contribution is -0.115. The zero-order valence-corrected chi connectivity index (χ0v) is 12.6. The molecule has 2 aromatic rings. The highest BCUT2D eigenvalue weighted by Gasteiger charge is 2.10. The van der Waals surface area contributed by atoms with Crippen molar-refractivity contribution in [2.75, 3.05) is 5.32 Å². The van der Waals surface area contributed by atoms with Gasteiger partial charge in [-0.25, -0.2) is 18.5 Å². The van der Waals surface area contributed by atoms with Crippen molar-refractivity contribution in [3.8, 4) is 0 Å². The van der Waals surface area contributed by atoms with Crippen LogP contribution in [0.2, 0.25) is 0 Å². The Kier molecular flexibility index (Phi) is 4.68. The van der Waals surface area contributed by atoms with E-state index in [1.165, 1.54) is 35.6 Å². The molecule has 21 heavy (non-hydrogen) atoms. The summed E-state index contributed by atoms with van der Waals surface area (Å²) in [6.07, 6.45) is 0.132. The number of primary sulfonamides is 1. The number of nitrogens with one attached hydrogen (secondary N) is 1. The van der Waals surface area contributed by atoms with E-state index >= 15 is 0 Å². The van der Waals surface area contributed by atoms with Crippen molar-refractivity contribution in [1.82, 2.24) is 4.98 Å². The van der Waals surface area contributed by atoms with E-state index < -0.39 is 10.0 Å². The maximum atomic E-state index is 11.8. The normalized spacial score (nSPS) is 11.3. The smallest absolute Gasteiger partial charge is 0.238 e. The van der Waals surface area contributed by atoms with Crippen molar-refractivity contribution in [2.45, 2.75) is 17.9 Å². The third-order valence-electron chi connectivity index (χ3n) is 2.58. The Morgan fingerprint density at radius 1 is 1.29 bits per heavy atom. The lowest BCUT2D eigenvalue weighted by Gasteiger charge is -2.05. The van der Waals surface area contributed by atoms with Gasteiger partial charge in [0, 0.05) is 17.6 Å². The lowest BCUT2D eigenvalue weighted by atomic mass is 10.3. The van der Waals surface area contributed by atoms with E-state index in [9.17, 15) is 13.2 Å². The number of carbonyl (C=O) groups is 1. The molecule has 1 heterocycles. The first-order chi connectivity index (χ1) is 9.88. The van der Waals surface area contributed by atoms with E-state index in [1.807, 2.05) is 0 Å². The number of anilines is 1. The summed E-state index contributed by atoms with van der Waals surface area (Å²) < 4.78 is 22.2. The molecule has 0 aliphatic carbocycles. The Morgan fingerprint density at radius 3 is 2.48 bits per heavy atom. The molecule has 0 radical (unpaired) electrons.